The standard InChI is InChI=1S/C15H32/c1-6-14(5)15(7-2)12-10-8-9-11-13(3)4/h13-15H,6-12H2,1-5H3. The van der Waals surface area contributed by atoms with E-state index in [1.807, 2.05) is 0 Å². The number of unbranched alkanes of at least 4 members (excludes halogenated alkanes) is 2. The molecule has 0 rings (SSSR count). The lowest BCUT2D eigenvalue weighted by Crippen LogP contribution is -2.09. The van der Waals surface area contributed by atoms with Crippen LogP contribution in [-0.4, -0.2) is 0 Å². The van der Waals surface area contributed by atoms with Crippen molar-refractivity contribution in [2.75, 3.05) is 0 Å². The van der Waals surface area contributed by atoms with E-state index in [4.69, 9.17) is 0 Å². The monoisotopic (exact) mass is 212 g/mol. The summed E-state index contributed by atoms with van der Waals surface area (Å²) in [5.41, 5.74) is 0. The number of rotatable bonds is 9. The summed E-state index contributed by atoms with van der Waals surface area (Å²) < 4.78 is 0. The molecule has 0 saturated heterocycles. The highest BCUT2D eigenvalue weighted by Gasteiger charge is 2.12. The minimum absolute atomic E-state index is 0.890. The van der Waals surface area contributed by atoms with Crippen LogP contribution in [0.25, 0.3) is 0 Å². The van der Waals surface area contributed by atoms with Crippen LogP contribution in [0.4, 0.5) is 0 Å². The zero-order valence-electron chi connectivity index (χ0n) is 11.7. The second kappa shape index (κ2) is 9.24. The Morgan fingerprint density at radius 2 is 1.33 bits per heavy atom. The molecule has 2 atom stereocenters. The van der Waals surface area contributed by atoms with E-state index in [-0.39, 0.29) is 0 Å². The van der Waals surface area contributed by atoms with Gasteiger partial charge < -0.3 is 0 Å². The van der Waals surface area contributed by atoms with E-state index in [0.717, 1.165) is 17.8 Å². The zero-order chi connectivity index (χ0) is 11.7. The first kappa shape index (κ1) is 15.0. The average molecular weight is 212 g/mol. The lowest BCUT2D eigenvalue weighted by molar-refractivity contribution is 0.306. The Hall–Kier alpha value is 0. The van der Waals surface area contributed by atoms with E-state index in [1.54, 1.807) is 0 Å². The molecular weight excluding hydrogens is 180 g/mol. The summed E-state index contributed by atoms with van der Waals surface area (Å²) >= 11 is 0. The minimum atomic E-state index is 0.890. The van der Waals surface area contributed by atoms with Gasteiger partial charge in [0, 0.05) is 0 Å². The molecule has 0 fully saturated rings. The van der Waals surface area contributed by atoms with Gasteiger partial charge in [0.05, 0.1) is 0 Å². The Bertz CT molecular complexity index is 126. The maximum atomic E-state index is 2.42. The molecule has 0 saturated carbocycles. The van der Waals surface area contributed by atoms with Crippen molar-refractivity contribution in [2.24, 2.45) is 17.8 Å². The molecule has 2 unspecified atom stereocenters. The van der Waals surface area contributed by atoms with Crippen molar-refractivity contribution in [3.8, 4) is 0 Å². The van der Waals surface area contributed by atoms with Gasteiger partial charge in [-0.15, -0.1) is 0 Å². The van der Waals surface area contributed by atoms with Gasteiger partial charge in [-0.05, 0) is 17.8 Å². The van der Waals surface area contributed by atoms with Crippen LogP contribution in [0.5, 0.6) is 0 Å². The molecule has 0 aliphatic rings. The normalized spacial score (nSPS) is 15.6. The maximum absolute atomic E-state index is 2.42. The molecule has 0 amide bonds. The molecule has 0 aliphatic carbocycles. The molecule has 0 aromatic rings. The van der Waals surface area contributed by atoms with Gasteiger partial charge >= 0.3 is 0 Å². The van der Waals surface area contributed by atoms with Crippen molar-refractivity contribution in [3.63, 3.8) is 0 Å². The Morgan fingerprint density at radius 3 is 1.80 bits per heavy atom. The lowest BCUT2D eigenvalue weighted by atomic mass is 9.85. The quantitative estimate of drug-likeness (QED) is 0.432. The summed E-state index contributed by atoms with van der Waals surface area (Å²) in [6.07, 6.45) is 9.95. The highest BCUT2D eigenvalue weighted by molar-refractivity contribution is 4.64. The first-order valence-corrected chi connectivity index (χ1v) is 7.11. The second-order valence-corrected chi connectivity index (χ2v) is 5.59. The summed E-state index contributed by atoms with van der Waals surface area (Å²) in [7, 11) is 0. The summed E-state index contributed by atoms with van der Waals surface area (Å²) in [6, 6.07) is 0. The van der Waals surface area contributed by atoms with E-state index in [1.165, 1.54) is 44.9 Å². The van der Waals surface area contributed by atoms with E-state index < -0.39 is 0 Å². The van der Waals surface area contributed by atoms with Crippen molar-refractivity contribution >= 4 is 0 Å². The molecule has 0 aromatic heterocycles. The highest BCUT2D eigenvalue weighted by Crippen LogP contribution is 2.24. The van der Waals surface area contributed by atoms with Crippen LogP contribution in [0.15, 0.2) is 0 Å². The maximum Gasteiger partial charge on any atom is -0.0391 e. The summed E-state index contributed by atoms with van der Waals surface area (Å²) in [5, 5.41) is 0. The van der Waals surface area contributed by atoms with E-state index in [2.05, 4.69) is 34.6 Å². The first-order valence-electron chi connectivity index (χ1n) is 7.11. The van der Waals surface area contributed by atoms with Crippen LogP contribution in [0.1, 0.15) is 79.6 Å². The third kappa shape index (κ3) is 7.88. The first-order chi connectivity index (χ1) is 7.11. The average Bonchev–Trinajstić information content (AvgIpc) is 2.22. The number of hydrogen-bond donors (Lipinski definition) is 0. The van der Waals surface area contributed by atoms with E-state index in [9.17, 15) is 0 Å². The predicted octanol–water partition coefficient (Wildman–Crippen LogP) is 5.67. The predicted molar refractivity (Wildman–Crippen MR) is 71.2 cm³/mol. The third-order valence-corrected chi connectivity index (χ3v) is 3.83. The molecule has 0 spiro atoms. The van der Waals surface area contributed by atoms with Crippen LogP contribution < -0.4 is 0 Å². The van der Waals surface area contributed by atoms with Crippen molar-refractivity contribution in [1.29, 1.82) is 0 Å². The van der Waals surface area contributed by atoms with Crippen LogP contribution >= 0.6 is 0 Å². The van der Waals surface area contributed by atoms with Crippen LogP contribution in [0.2, 0.25) is 0 Å². The lowest BCUT2D eigenvalue weighted by Gasteiger charge is -2.21. The Morgan fingerprint density at radius 1 is 0.733 bits per heavy atom. The van der Waals surface area contributed by atoms with Crippen LogP contribution in [0, 0.1) is 17.8 Å². The van der Waals surface area contributed by atoms with E-state index in [0.29, 0.717) is 0 Å². The zero-order valence-corrected chi connectivity index (χ0v) is 11.7. The van der Waals surface area contributed by atoms with Gasteiger partial charge in [-0.1, -0.05) is 79.6 Å². The van der Waals surface area contributed by atoms with Crippen molar-refractivity contribution in [3.05, 3.63) is 0 Å². The van der Waals surface area contributed by atoms with Gasteiger partial charge in [-0.25, -0.2) is 0 Å². The Kier molecular flexibility index (Phi) is 9.24. The fraction of sp³-hybridized carbons (Fsp3) is 1.00. The van der Waals surface area contributed by atoms with Gasteiger partial charge in [-0.2, -0.15) is 0 Å². The molecule has 92 valence electrons. The van der Waals surface area contributed by atoms with Crippen LogP contribution in [0.3, 0.4) is 0 Å². The molecule has 0 N–H and O–H groups in total. The van der Waals surface area contributed by atoms with Crippen molar-refractivity contribution in [1.82, 2.24) is 0 Å². The van der Waals surface area contributed by atoms with Crippen molar-refractivity contribution < 1.29 is 0 Å². The van der Waals surface area contributed by atoms with Crippen LogP contribution in [-0.2, 0) is 0 Å². The molecule has 0 radical (unpaired) electrons. The molecule has 15 heavy (non-hydrogen) atoms. The Balaban J connectivity index is 3.46. The molecule has 0 aromatic carbocycles. The van der Waals surface area contributed by atoms with Gasteiger partial charge in [0.15, 0.2) is 0 Å². The molecule has 0 aliphatic heterocycles. The Labute approximate surface area is 97.8 Å². The summed E-state index contributed by atoms with van der Waals surface area (Å²) in [5.74, 6) is 2.80. The molecule has 0 heteroatoms. The topological polar surface area (TPSA) is 0 Å². The van der Waals surface area contributed by atoms with Gasteiger partial charge in [0.1, 0.15) is 0 Å². The van der Waals surface area contributed by atoms with Gasteiger partial charge in [0.2, 0.25) is 0 Å². The van der Waals surface area contributed by atoms with E-state index >= 15 is 0 Å². The molecule has 0 heterocycles. The minimum Gasteiger partial charge on any atom is -0.0651 e. The molecule has 0 nitrogen and oxygen atoms in total. The SMILES string of the molecule is CCC(C)C(CC)CCCCCC(C)C. The van der Waals surface area contributed by atoms with Crippen molar-refractivity contribution in [2.45, 2.75) is 79.6 Å². The van der Waals surface area contributed by atoms with Gasteiger partial charge in [0.25, 0.3) is 0 Å². The molecule has 0 bridgehead atoms. The summed E-state index contributed by atoms with van der Waals surface area (Å²) in [4.78, 5) is 0. The van der Waals surface area contributed by atoms with Gasteiger partial charge in [-0.3, -0.25) is 0 Å². The largest absolute Gasteiger partial charge is 0.0651 e. The fourth-order valence-electron chi connectivity index (χ4n) is 2.36. The third-order valence-electron chi connectivity index (χ3n) is 3.83. The highest BCUT2D eigenvalue weighted by atomic mass is 14.2. The second-order valence-electron chi connectivity index (χ2n) is 5.59. The number of hydrogen-bond acceptors (Lipinski definition) is 0. The fourth-order valence-corrected chi connectivity index (χ4v) is 2.36. The molecular formula is C15H32. The smallest absolute Gasteiger partial charge is 0.0391 e. The summed E-state index contributed by atoms with van der Waals surface area (Å²) in [6.45, 7) is 11.8.